The maximum absolute atomic E-state index is 14.2. The van der Waals surface area contributed by atoms with Gasteiger partial charge in [0.25, 0.3) is 0 Å². The predicted molar refractivity (Wildman–Crippen MR) is 96.8 cm³/mol. The van der Waals surface area contributed by atoms with E-state index in [-0.39, 0.29) is 17.3 Å². The average Bonchev–Trinajstić information content (AvgIpc) is 2.94. The quantitative estimate of drug-likeness (QED) is 0.739. The molecule has 1 aliphatic rings. The second kappa shape index (κ2) is 5.97. The molecule has 0 radical (unpaired) electrons. The van der Waals surface area contributed by atoms with Crippen molar-refractivity contribution in [3.05, 3.63) is 65.8 Å². The molecule has 8 heteroatoms. The van der Waals surface area contributed by atoms with Crippen LogP contribution in [0.5, 0.6) is 0 Å². The normalized spacial score (nSPS) is 21.2. The van der Waals surface area contributed by atoms with Gasteiger partial charge in [0.2, 0.25) is 21.7 Å². The molecule has 0 bridgehead atoms. The molecule has 4 rings (SSSR count). The third-order valence-corrected chi connectivity index (χ3v) is 6.13. The number of sulfonamides is 1. The maximum atomic E-state index is 14.2. The molecule has 3 aromatic rings. The number of hydrogen-bond donors (Lipinski definition) is 1. The molecule has 1 saturated carbocycles. The number of halogens is 1. The Morgan fingerprint density at radius 1 is 1.11 bits per heavy atom. The number of hydrogen-bond acceptors (Lipinski definition) is 5. The standard InChI is InChI=1S/C19H18FN3O3S/c1-19(2)15(12-8-9-14(13(20)10-12)27(21,24)25)16(19)18-22-17(23-26-18)11-6-4-3-5-7-11/h3-10,15-16H,1-2H3,(H2,21,24,25)/t15-,16+/m1/s1. The van der Waals surface area contributed by atoms with E-state index < -0.39 is 20.7 Å². The minimum Gasteiger partial charge on any atom is -0.339 e. The number of aromatic nitrogens is 2. The van der Waals surface area contributed by atoms with Gasteiger partial charge in [0.15, 0.2) is 0 Å². The molecule has 2 N–H and O–H groups in total. The lowest BCUT2D eigenvalue weighted by Gasteiger charge is -2.05. The highest BCUT2D eigenvalue weighted by Gasteiger charge is 2.62. The van der Waals surface area contributed by atoms with Crippen molar-refractivity contribution in [3.63, 3.8) is 0 Å². The molecule has 1 aliphatic carbocycles. The van der Waals surface area contributed by atoms with Gasteiger partial charge in [0.1, 0.15) is 10.7 Å². The van der Waals surface area contributed by atoms with Crippen molar-refractivity contribution in [1.29, 1.82) is 0 Å². The van der Waals surface area contributed by atoms with Crippen molar-refractivity contribution in [3.8, 4) is 11.4 Å². The van der Waals surface area contributed by atoms with Crippen LogP contribution in [0.4, 0.5) is 4.39 Å². The van der Waals surface area contributed by atoms with E-state index in [1.54, 1.807) is 6.07 Å². The summed E-state index contributed by atoms with van der Waals surface area (Å²) in [5.74, 6) is -0.0117. The van der Waals surface area contributed by atoms with Gasteiger partial charge in [-0.05, 0) is 23.1 Å². The van der Waals surface area contributed by atoms with Gasteiger partial charge >= 0.3 is 0 Å². The Kier molecular flexibility index (Phi) is 3.94. The fourth-order valence-corrected chi connectivity index (χ4v) is 4.32. The van der Waals surface area contributed by atoms with Crippen molar-refractivity contribution in [2.24, 2.45) is 10.6 Å². The van der Waals surface area contributed by atoms with E-state index >= 15 is 0 Å². The molecule has 2 aromatic carbocycles. The highest BCUT2D eigenvalue weighted by atomic mass is 32.2. The van der Waals surface area contributed by atoms with Crippen LogP contribution in [0.1, 0.15) is 37.1 Å². The second-order valence-corrected chi connectivity index (χ2v) is 8.86. The summed E-state index contributed by atoms with van der Waals surface area (Å²) in [6, 6.07) is 13.5. The number of benzene rings is 2. The maximum Gasteiger partial charge on any atom is 0.240 e. The minimum absolute atomic E-state index is 0.0643. The minimum atomic E-state index is -4.09. The van der Waals surface area contributed by atoms with Crippen LogP contribution in [0.2, 0.25) is 0 Å². The van der Waals surface area contributed by atoms with Gasteiger partial charge in [-0.15, -0.1) is 0 Å². The zero-order chi connectivity index (χ0) is 19.4. The van der Waals surface area contributed by atoms with Crippen molar-refractivity contribution >= 4 is 10.0 Å². The van der Waals surface area contributed by atoms with E-state index in [0.717, 1.165) is 5.56 Å². The smallest absolute Gasteiger partial charge is 0.240 e. The molecule has 0 amide bonds. The lowest BCUT2D eigenvalue weighted by molar-refractivity contribution is 0.368. The summed E-state index contributed by atoms with van der Waals surface area (Å²) in [5.41, 5.74) is 1.30. The first kappa shape index (κ1) is 17.8. The Morgan fingerprint density at radius 3 is 2.44 bits per heavy atom. The predicted octanol–water partition coefficient (Wildman–Crippen LogP) is 3.43. The van der Waals surface area contributed by atoms with Gasteiger partial charge in [-0.1, -0.05) is 55.4 Å². The number of nitrogens with zero attached hydrogens (tertiary/aromatic N) is 2. The van der Waals surface area contributed by atoms with Gasteiger partial charge < -0.3 is 4.52 Å². The first-order valence-electron chi connectivity index (χ1n) is 8.41. The molecule has 2 atom stereocenters. The SMILES string of the molecule is CC1(C)[C@H](c2ccc(S(N)(=O)=O)c(F)c2)[C@H]1c1nc(-c2ccccc2)no1. The second-order valence-electron chi connectivity index (χ2n) is 7.33. The van der Waals surface area contributed by atoms with E-state index in [4.69, 9.17) is 9.66 Å². The number of primary sulfonamides is 1. The summed E-state index contributed by atoms with van der Waals surface area (Å²) >= 11 is 0. The summed E-state index contributed by atoms with van der Waals surface area (Å²) in [4.78, 5) is 4.00. The number of rotatable bonds is 4. The zero-order valence-electron chi connectivity index (χ0n) is 14.8. The summed E-state index contributed by atoms with van der Waals surface area (Å²) in [6.07, 6.45) is 0. The van der Waals surface area contributed by atoms with Crippen molar-refractivity contribution in [2.75, 3.05) is 0 Å². The molecule has 1 fully saturated rings. The van der Waals surface area contributed by atoms with E-state index in [0.29, 0.717) is 17.3 Å². The van der Waals surface area contributed by atoms with Crippen LogP contribution in [-0.4, -0.2) is 18.6 Å². The summed E-state index contributed by atoms with van der Waals surface area (Å²) in [7, 11) is -4.09. The van der Waals surface area contributed by atoms with Crippen LogP contribution in [0, 0.1) is 11.2 Å². The van der Waals surface area contributed by atoms with Crippen molar-refractivity contribution in [1.82, 2.24) is 10.1 Å². The first-order valence-corrected chi connectivity index (χ1v) is 9.95. The monoisotopic (exact) mass is 387 g/mol. The topological polar surface area (TPSA) is 99.1 Å². The Hall–Kier alpha value is -2.58. The van der Waals surface area contributed by atoms with Gasteiger partial charge in [-0.2, -0.15) is 4.98 Å². The van der Waals surface area contributed by atoms with Crippen LogP contribution >= 0.6 is 0 Å². The van der Waals surface area contributed by atoms with Gasteiger partial charge in [-0.25, -0.2) is 17.9 Å². The van der Waals surface area contributed by atoms with E-state index in [1.165, 1.54) is 12.1 Å². The van der Waals surface area contributed by atoms with Gasteiger partial charge in [0.05, 0.1) is 5.92 Å². The van der Waals surface area contributed by atoms with E-state index in [2.05, 4.69) is 10.1 Å². The van der Waals surface area contributed by atoms with Crippen LogP contribution < -0.4 is 5.14 Å². The van der Waals surface area contributed by atoms with Crippen molar-refractivity contribution < 1.29 is 17.3 Å². The molecule has 1 heterocycles. The largest absolute Gasteiger partial charge is 0.339 e. The molecule has 0 saturated heterocycles. The fourth-order valence-electron chi connectivity index (χ4n) is 3.73. The van der Waals surface area contributed by atoms with Crippen LogP contribution in [0.25, 0.3) is 11.4 Å². The van der Waals surface area contributed by atoms with E-state index in [9.17, 15) is 12.8 Å². The zero-order valence-corrected chi connectivity index (χ0v) is 15.6. The molecule has 1 aromatic heterocycles. The Morgan fingerprint density at radius 2 is 1.81 bits per heavy atom. The highest BCUT2D eigenvalue weighted by Crippen LogP contribution is 2.69. The highest BCUT2D eigenvalue weighted by molar-refractivity contribution is 7.89. The van der Waals surface area contributed by atoms with Crippen LogP contribution in [0.15, 0.2) is 57.9 Å². The molecular weight excluding hydrogens is 369 g/mol. The molecular formula is C19H18FN3O3S. The summed E-state index contributed by atoms with van der Waals surface area (Å²) in [6.45, 7) is 4.06. The lowest BCUT2D eigenvalue weighted by Crippen LogP contribution is -2.14. The van der Waals surface area contributed by atoms with E-state index in [1.807, 2.05) is 44.2 Å². The molecule has 0 aliphatic heterocycles. The Balaban J connectivity index is 1.65. The summed E-state index contributed by atoms with van der Waals surface area (Å²) < 4.78 is 42.5. The third-order valence-electron chi connectivity index (χ3n) is 5.19. The van der Waals surface area contributed by atoms with Crippen molar-refractivity contribution in [2.45, 2.75) is 30.6 Å². The molecule has 140 valence electrons. The fraction of sp³-hybridized carbons (Fsp3) is 0.263. The lowest BCUT2D eigenvalue weighted by atomic mass is 10.0. The molecule has 6 nitrogen and oxygen atoms in total. The Labute approximate surface area is 156 Å². The summed E-state index contributed by atoms with van der Waals surface area (Å²) in [5, 5.41) is 9.08. The van der Waals surface area contributed by atoms with Crippen LogP contribution in [0.3, 0.4) is 0 Å². The molecule has 0 spiro atoms. The van der Waals surface area contributed by atoms with Gasteiger partial charge in [-0.3, -0.25) is 0 Å². The average molecular weight is 387 g/mol. The third kappa shape index (κ3) is 3.04. The van der Waals surface area contributed by atoms with Crippen LogP contribution in [-0.2, 0) is 10.0 Å². The Bertz CT molecular complexity index is 1110. The number of nitrogens with two attached hydrogens (primary N) is 1. The van der Waals surface area contributed by atoms with Gasteiger partial charge in [0, 0.05) is 11.5 Å². The molecule has 27 heavy (non-hydrogen) atoms. The first-order chi connectivity index (χ1) is 12.7. The molecule has 0 unspecified atom stereocenters.